The van der Waals surface area contributed by atoms with E-state index < -0.39 is 0 Å². The fraction of sp³-hybridized carbons (Fsp3) is 0.727. The van der Waals surface area contributed by atoms with Gasteiger partial charge in [-0.1, -0.05) is 6.92 Å². The molecule has 3 unspecified atom stereocenters. The second-order valence-corrected chi connectivity index (χ2v) is 4.66. The van der Waals surface area contributed by atoms with E-state index in [4.69, 9.17) is 0 Å². The lowest BCUT2D eigenvalue weighted by molar-refractivity contribution is 0.558. The first-order valence-corrected chi connectivity index (χ1v) is 5.61. The van der Waals surface area contributed by atoms with Gasteiger partial charge in [-0.2, -0.15) is 0 Å². The second-order valence-electron chi connectivity index (χ2n) is 4.66. The first-order valence-electron chi connectivity index (χ1n) is 5.61. The zero-order valence-corrected chi connectivity index (χ0v) is 8.61. The van der Waals surface area contributed by atoms with Gasteiger partial charge in [-0.3, -0.25) is 0 Å². The minimum atomic E-state index is 0.560. The Morgan fingerprint density at radius 2 is 2.43 bits per heavy atom. The van der Waals surface area contributed by atoms with Crippen molar-refractivity contribution in [1.29, 1.82) is 0 Å². The average Bonchev–Trinajstić information content (AvgIpc) is 2.71. The molecule has 2 fully saturated rings. The van der Waals surface area contributed by atoms with E-state index in [1.165, 1.54) is 25.0 Å². The third kappa shape index (κ3) is 1.27. The van der Waals surface area contributed by atoms with E-state index >= 15 is 0 Å². The van der Waals surface area contributed by atoms with Gasteiger partial charge in [-0.15, -0.1) is 0 Å². The summed E-state index contributed by atoms with van der Waals surface area (Å²) in [6, 6.07) is 1.29. The number of nitrogens with one attached hydrogen (secondary N) is 1. The van der Waals surface area contributed by atoms with E-state index in [1.807, 2.05) is 12.5 Å². The van der Waals surface area contributed by atoms with Crippen LogP contribution in [0.15, 0.2) is 12.5 Å². The zero-order chi connectivity index (χ0) is 9.54. The molecule has 1 aromatic rings. The number of aromatic nitrogens is 2. The molecule has 14 heavy (non-hydrogen) atoms. The van der Waals surface area contributed by atoms with E-state index in [9.17, 15) is 0 Å². The average molecular weight is 191 g/mol. The Hall–Kier alpha value is -0.830. The number of rotatable bonds is 2. The Balaban J connectivity index is 1.86. The van der Waals surface area contributed by atoms with Crippen LogP contribution >= 0.6 is 0 Å². The van der Waals surface area contributed by atoms with Gasteiger partial charge in [0, 0.05) is 18.3 Å². The Bertz CT molecular complexity index is 325. The summed E-state index contributed by atoms with van der Waals surface area (Å²) in [5.74, 6) is 0.851. The van der Waals surface area contributed by atoms with Gasteiger partial charge in [0.2, 0.25) is 0 Å². The quantitative estimate of drug-likeness (QED) is 0.773. The summed E-state index contributed by atoms with van der Waals surface area (Å²) < 4.78 is 2.38. The number of hydrogen-bond acceptors (Lipinski definition) is 2. The molecule has 3 atom stereocenters. The topological polar surface area (TPSA) is 29.9 Å². The first kappa shape index (κ1) is 8.48. The SMILES string of the molecule is CC1CC1n1cncc1C1CCCN1. The Morgan fingerprint density at radius 1 is 1.57 bits per heavy atom. The zero-order valence-electron chi connectivity index (χ0n) is 8.61. The molecule has 1 aliphatic carbocycles. The standard InChI is InChI=1S/C11H17N3/c1-8-5-10(8)14-7-12-6-11(14)9-3-2-4-13-9/h6-10,13H,2-5H2,1H3. The summed E-state index contributed by atoms with van der Waals surface area (Å²) in [6.07, 6.45) is 7.94. The van der Waals surface area contributed by atoms with Crippen LogP contribution in [0.5, 0.6) is 0 Å². The molecule has 0 amide bonds. The van der Waals surface area contributed by atoms with Gasteiger partial charge in [0.1, 0.15) is 0 Å². The van der Waals surface area contributed by atoms with Crippen molar-refractivity contribution in [2.24, 2.45) is 5.92 Å². The number of nitrogens with zero attached hydrogens (tertiary/aromatic N) is 2. The maximum absolute atomic E-state index is 4.29. The molecule has 76 valence electrons. The molecule has 1 aliphatic heterocycles. The van der Waals surface area contributed by atoms with Crippen LogP contribution in [0.4, 0.5) is 0 Å². The first-order chi connectivity index (χ1) is 6.86. The highest BCUT2D eigenvalue weighted by Crippen LogP contribution is 2.44. The molecule has 1 saturated heterocycles. The highest BCUT2D eigenvalue weighted by molar-refractivity contribution is 5.11. The van der Waals surface area contributed by atoms with Crippen molar-refractivity contribution >= 4 is 0 Å². The van der Waals surface area contributed by atoms with Gasteiger partial charge in [0.15, 0.2) is 0 Å². The Morgan fingerprint density at radius 3 is 3.07 bits per heavy atom. The molecule has 3 nitrogen and oxygen atoms in total. The van der Waals surface area contributed by atoms with Crippen molar-refractivity contribution in [2.45, 2.75) is 38.3 Å². The molecule has 3 heteroatoms. The normalized spacial score (nSPS) is 36.2. The molecular formula is C11H17N3. The molecule has 1 saturated carbocycles. The van der Waals surface area contributed by atoms with E-state index in [0.717, 1.165) is 18.5 Å². The van der Waals surface area contributed by atoms with Crippen molar-refractivity contribution in [2.75, 3.05) is 6.54 Å². The lowest BCUT2D eigenvalue weighted by Crippen LogP contribution is -2.16. The fourth-order valence-corrected chi connectivity index (χ4v) is 2.49. The minimum Gasteiger partial charge on any atom is -0.330 e. The molecule has 0 radical (unpaired) electrons. The van der Waals surface area contributed by atoms with Gasteiger partial charge in [-0.25, -0.2) is 4.98 Å². The summed E-state index contributed by atoms with van der Waals surface area (Å²) in [5, 5.41) is 3.54. The van der Waals surface area contributed by atoms with Crippen LogP contribution < -0.4 is 5.32 Å². The van der Waals surface area contributed by atoms with Gasteiger partial charge >= 0.3 is 0 Å². The summed E-state index contributed by atoms with van der Waals surface area (Å²) in [4.78, 5) is 4.29. The van der Waals surface area contributed by atoms with Crippen molar-refractivity contribution in [3.05, 3.63) is 18.2 Å². The lowest BCUT2D eigenvalue weighted by atomic mass is 10.2. The van der Waals surface area contributed by atoms with Crippen molar-refractivity contribution in [1.82, 2.24) is 14.9 Å². The molecule has 2 heterocycles. The smallest absolute Gasteiger partial charge is 0.0951 e. The molecule has 2 aliphatic rings. The highest BCUT2D eigenvalue weighted by atomic mass is 15.1. The van der Waals surface area contributed by atoms with Crippen LogP contribution in [0, 0.1) is 5.92 Å². The van der Waals surface area contributed by atoms with Crippen molar-refractivity contribution < 1.29 is 0 Å². The Labute approximate surface area is 84.5 Å². The predicted octanol–water partition coefficient (Wildman–Crippen LogP) is 1.89. The second kappa shape index (κ2) is 3.09. The Kier molecular flexibility index (Phi) is 1.87. The van der Waals surface area contributed by atoms with Gasteiger partial charge in [-0.05, 0) is 31.7 Å². The van der Waals surface area contributed by atoms with Crippen molar-refractivity contribution in [3.63, 3.8) is 0 Å². The van der Waals surface area contributed by atoms with Crippen LogP contribution in [-0.4, -0.2) is 16.1 Å². The minimum absolute atomic E-state index is 0.560. The molecule has 1 N–H and O–H groups in total. The van der Waals surface area contributed by atoms with Gasteiger partial charge in [0.05, 0.1) is 12.0 Å². The van der Waals surface area contributed by atoms with E-state index in [2.05, 4.69) is 21.8 Å². The molecule has 0 bridgehead atoms. The van der Waals surface area contributed by atoms with Crippen molar-refractivity contribution in [3.8, 4) is 0 Å². The maximum atomic E-state index is 4.29. The fourth-order valence-electron chi connectivity index (χ4n) is 2.49. The molecular weight excluding hydrogens is 174 g/mol. The maximum Gasteiger partial charge on any atom is 0.0951 e. The number of hydrogen-bond donors (Lipinski definition) is 1. The summed E-state index contributed by atoms with van der Waals surface area (Å²) in [6.45, 7) is 3.48. The highest BCUT2D eigenvalue weighted by Gasteiger charge is 2.36. The predicted molar refractivity (Wildman–Crippen MR) is 55.0 cm³/mol. The van der Waals surface area contributed by atoms with Crippen LogP contribution in [-0.2, 0) is 0 Å². The van der Waals surface area contributed by atoms with E-state index in [1.54, 1.807) is 0 Å². The van der Waals surface area contributed by atoms with Gasteiger partial charge in [0.25, 0.3) is 0 Å². The lowest BCUT2D eigenvalue weighted by Gasteiger charge is -2.13. The molecule has 0 spiro atoms. The number of imidazole rings is 1. The van der Waals surface area contributed by atoms with Crippen LogP contribution in [0.1, 0.15) is 44.0 Å². The summed E-state index contributed by atoms with van der Waals surface area (Å²) in [5.41, 5.74) is 1.40. The van der Waals surface area contributed by atoms with Crippen LogP contribution in [0.3, 0.4) is 0 Å². The molecule has 3 rings (SSSR count). The monoisotopic (exact) mass is 191 g/mol. The van der Waals surface area contributed by atoms with Gasteiger partial charge < -0.3 is 9.88 Å². The van der Waals surface area contributed by atoms with Crippen LogP contribution in [0.2, 0.25) is 0 Å². The largest absolute Gasteiger partial charge is 0.330 e. The summed E-state index contributed by atoms with van der Waals surface area (Å²) >= 11 is 0. The molecule has 0 aromatic carbocycles. The van der Waals surface area contributed by atoms with E-state index in [0.29, 0.717) is 6.04 Å². The molecule has 1 aromatic heterocycles. The van der Waals surface area contributed by atoms with Crippen LogP contribution in [0.25, 0.3) is 0 Å². The summed E-state index contributed by atoms with van der Waals surface area (Å²) in [7, 11) is 0. The van der Waals surface area contributed by atoms with E-state index in [-0.39, 0.29) is 0 Å². The third-order valence-electron chi connectivity index (χ3n) is 3.54. The third-order valence-corrected chi connectivity index (χ3v) is 3.54.